The smallest absolute Gasteiger partial charge is 0.333 e. The van der Waals surface area contributed by atoms with Gasteiger partial charge in [-0.3, -0.25) is 0 Å². The van der Waals surface area contributed by atoms with E-state index in [1.165, 1.54) is 16.7 Å². The number of carbonyl (C=O) groups is 1. The molecular formula is C36H42ClNO2. The third-order valence-corrected chi connectivity index (χ3v) is 8.92. The summed E-state index contributed by atoms with van der Waals surface area (Å²) in [5.74, 6) is -0.362. The number of allylic oxidation sites excluding steroid dienone is 7. The molecule has 0 fully saturated rings. The molecular weight excluding hydrogens is 514 g/mol. The first-order chi connectivity index (χ1) is 18.9. The average Bonchev–Trinajstić information content (AvgIpc) is 3.12. The van der Waals surface area contributed by atoms with Gasteiger partial charge in [0.05, 0.1) is 6.54 Å². The second-order valence-corrected chi connectivity index (χ2v) is 12.4. The molecule has 2 aromatic rings. The molecule has 4 heteroatoms. The largest absolute Gasteiger partial charge is 0.460 e. The molecule has 1 heterocycles. The minimum atomic E-state index is -0.362. The molecule has 0 saturated heterocycles. The van der Waals surface area contributed by atoms with Gasteiger partial charge in [0.2, 0.25) is 0 Å². The number of para-hydroxylation sites is 1. The highest BCUT2D eigenvalue weighted by Gasteiger charge is 2.40. The minimum absolute atomic E-state index is 0.210. The van der Waals surface area contributed by atoms with Crippen molar-refractivity contribution in [1.29, 1.82) is 0 Å². The number of benzene rings is 2. The maximum Gasteiger partial charge on any atom is 0.333 e. The number of anilines is 1. The summed E-state index contributed by atoms with van der Waals surface area (Å²) in [6, 6.07) is 17.0. The first kappa shape index (κ1) is 29.7. The number of carbonyl (C=O) groups excluding carboxylic acids is 1. The number of nitrogens with zero attached hydrogens (tertiary/aromatic N) is 1. The van der Waals surface area contributed by atoms with Crippen LogP contribution in [0.25, 0.3) is 0 Å². The predicted octanol–water partition coefficient (Wildman–Crippen LogP) is 9.23. The van der Waals surface area contributed by atoms with Crippen LogP contribution in [0.3, 0.4) is 0 Å². The fraction of sp³-hybridized carbons (Fsp3) is 0.361. The molecule has 3 nitrogen and oxygen atoms in total. The number of aryl methyl sites for hydroxylation is 1. The lowest BCUT2D eigenvalue weighted by Gasteiger charge is -2.30. The van der Waals surface area contributed by atoms with Gasteiger partial charge in [0.25, 0.3) is 0 Å². The first-order valence-corrected chi connectivity index (χ1v) is 14.5. The second kappa shape index (κ2) is 11.7. The van der Waals surface area contributed by atoms with Crippen LogP contribution in [0.1, 0.15) is 70.6 Å². The Morgan fingerprint density at radius 1 is 1.10 bits per heavy atom. The Labute approximate surface area is 245 Å². The summed E-state index contributed by atoms with van der Waals surface area (Å²) in [5.41, 5.74) is 9.40. The predicted molar refractivity (Wildman–Crippen MR) is 169 cm³/mol. The number of esters is 1. The quantitative estimate of drug-likeness (QED) is 0.240. The van der Waals surface area contributed by atoms with Crippen molar-refractivity contribution in [2.45, 2.75) is 71.6 Å². The second-order valence-electron chi connectivity index (χ2n) is 12.1. The Bertz CT molecular complexity index is 1440. The van der Waals surface area contributed by atoms with E-state index in [2.05, 4.69) is 113 Å². The lowest BCUT2D eigenvalue weighted by molar-refractivity contribution is -0.138. The van der Waals surface area contributed by atoms with E-state index in [1.54, 1.807) is 6.92 Å². The summed E-state index contributed by atoms with van der Waals surface area (Å²) in [6.07, 6.45) is 7.35. The Hall–Kier alpha value is -3.30. The molecule has 0 spiro atoms. The van der Waals surface area contributed by atoms with Crippen LogP contribution in [-0.2, 0) is 20.4 Å². The van der Waals surface area contributed by atoms with Crippen LogP contribution in [0.2, 0.25) is 0 Å². The molecule has 1 aliphatic carbocycles. The van der Waals surface area contributed by atoms with Crippen molar-refractivity contribution in [3.63, 3.8) is 0 Å². The lowest BCUT2D eigenvalue weighted by Crippen LogP contribution is -2.30. The van der Waals surface area contributed by atoms with Crippen molar-refractivity contribution in [3.05, 3.63) is 124 Å². The normalized spacial score (nSPS) is 18.7. The number of hydrogen-bond donors (Lipinski definition) is 0. The summed E-state index contributed by atoms with van der Waals surface area (Å²) in [7, 11) is 0. The van der Waals surface area contributed by atoms with Gasteiger partial charge < -0.3 is 9.64 Å². The summed E-state index contributed by atoms with van der Waals surface area (Å²) >= 11 is 7.16. The van der Waals surface area contributed by atoms with E-state index < -0.39 is 0 Å². The molecule has 0 N–H and O–H groups in total. The van der Waals surface area contributed by atoms with Crippen molar-refractivity contribution in [2.24, 2.45) is 0 Å². The molecule has 0 saturated carbocycles. The van der Waals surface area contributed by atoms with Crippen molar-refractivity contribution < 1.29 is 9.53 Å². The number of rotatable bonds is 8. The number of fused-ring (bicyclic) bond motifs is 1. The highest BCUT2D eigenvalue weighted by Crippen LogP contribution is 2.49. The summed E-state index contributed by atoms with van der Waals surface area (Å²) < 4.78 is 5.48. The van der Waals surface area contributed by atoms with Gasteiger partial charge in [-0.1, -0.05) is 101 Å². The molecule has 210 valence electrons. The molecule has 0 atom stereocenters. The Morgan fingerprint density at radius 3 is 2.48 bits per heavy atom. The van der Waals surface area contributed by atoms with Crippen LogP contribution < -0.4 is 4.90 Å². The maximum atomic E-state index is 12.0. The van der Waals surface area contributed by atoms with Crippen LogP contribution in [-0.4, -0.2) is 19.1 Å². The Balaban J connectivity index is 1.69. The topological polar surface area (TPSA) is 29.5 Å². The first-order valence-electron chi connectivity index (χ1n) is 14.1. The summed E-state index contributed by atoms with van der Waals surface area (Å²) in [5, 5.41) is 0.820. The zero-order valence-electron chi connectivity index (χ0n) is 24.9. The van der Waals surface area contributed by atoms with Crippen molar-refractivity contribution in [3.8, 4) is 0 Å². The molecule has 0 unspecified atom stereocenters. The van der Waals surface area contributed by atoms with E-state index in [4.69, 9.17) is 16.3 Å². The fourth-order valence-electron chi connectivity index (χ4n) is 5.86. The molecule has 2 aromatic carbocycles. The number of ether oxygens (including phenoxy) is 1. The zero-order valence-corrected chi connectivity index (χ0v) is 25.6. The van der Waals surface area contributed by atoms with E-state index in [0.29, 0.717) is 12.1 Å². The fourth-order valence-corrected chi connectivity index (χ4v) is 6.16. The monoisotopic (exact) mass is 555 g/mol. The third kappa shape index (κ3) is 5.76. The highest BCUT2D eigenvalue weighted by molar-refractivity contribution is 6.32. The lowest BCUT2D eigenvalue weighted by atomic mass is 9.75. The molecule has 4 rings (SSSR count). The highest BCUT2D eigenvalue weighted by atomic mass is 35.5. The molecule has 0 amide bonds. The Morgan fingerprint density at radius 2 is 1.77 bits per heavy atom. The zero-order chi connectivity index (χ0) is 29.2. The summed E-state index contributed by atoms with van der Waals surface area (Å²) in [6.45, 7) is 21.8. The molecule has 0 radical (unpaired) electrons. The summed E-state index contributed by atoms with van der Waals surface area (Å²) in [4.78, 5) is 14.3. The molecule has 40 heavy (non-hydrogen) atoms. The number of hydrogen-bond acceptors (Lipinski definition) is 3. The van der Waals surface area contributed by atoms with E-state index in [1.807, 2.05) is 0 Å². The van der Waals surface area contributed by atoms with Gasteiger partial charge in [0.1, 0.15) is 6.61 Å². The molecule has 0 bridgehead atoms. The minimum Gasteiger partial charge on any atom is -0.460 e. The van der Waals surface area contributed by atoms with Crippen molar-refractivity contribution in [1.82, 2.24) is 0 Å². The van der Waals surface area contributed by atoms with Gasteiger partial charge in [0.15, 0.2) is 0 Å². The molecule has 0 aromatic heterocycles. The van der Waals surface area contributed by atoms with Crippen molar-refractivity contribution >= 4 is 23.3 Å². The van der Waals surface area contributed by atoms with Gasteiger partial charge >= 0.3 is 5.97 Å². The van der Waals surface area contributed by atoms with E-state index >= 15 is 0 Å². The van der Waals surface area contributed by atoms with Gasteiger partial charge in [-0.25, -0.2) is 4.79 Å². The van der Waals surface area contributed by atoms with Crippen LogP contribution in [0.5, 0.6) is 0 Å². The van der Waals surface area contributed by atoms with Gasteiger partial charge in [-0.05, 0) is 78.7 Å². The Kier molecular flexibility index (Phi) is 8.66. The SMILES string of the molecule is C=C(C)C(=O)OCCN1/C(=C/C2=C(Cl)C(=C/C(=C)C(C)(C)c3ccccc3C)/CCC2)C(C)(C)c2ccccc21. The van der Waals surface area contributed by atoms with E-state index in [0.717, 1.165) is 52.4 Å². The maximum absolute atomic E-state index is 12.0. The van der Waals surface area contributed by atoms with Crippen LogP contribution in [0.15, 0.2) is 107 Å². The van der Waals surface area contributed by atoms with Crippen LogP contribution >= 0.6 is 11.6 Å². The van der Waals surface area contributed by atoms with Gasteiger partial charge in [-0.2, -0.15) is 0 Å². The van der Waals surface area contributed by atoms with Gasteiger partial charge in [-0.15, -0.1) is 0 Å². The average molecular weight is 556 g/mol. The number of halogens is 1. The standard InChI is InChI=1S/C36H42ClNO2/c1-24(2)34(39)40-21-20-38-31-19-12-11-18-30(31)36(7,8)32(38)23-28-16-13-15-27(33(28)37)22-26(4)35(5,6)29-17-10-9-14-25(29)3/h9-12,14,17-19,22-23H,1,4,13,15-16,20-21H2,2-3,5-8H3/b27-22+,32-23+. The van der Waals surface area contributed by atoms with Crippen LogP contribution in [0, 0.1) is 6.92 Å². The van der Waals surface area contributed by atoms with Crippen LogP contribution in [0.4, 0.5) is 5.69 Å². The van der Waals surface area contributed by atoms with Gasteiger partial charge in [0, 0.05) is 32.8 Å². The van der Waals surface area contributed by atoms with E-state index in [9.17, 15) is 4.79 Å². The van der Waals surface area contributed by atoms with E-state index in [-0.39, 0.29) is 23.4 Å². The van der Waals surface area contributed by atoms with Crippen molar-refractivity contribution in [2.75, 3.05) is 18.1 Å². The third-order valence-electron chi connectivity index (χ3n) is 8.43. The molecule has 1 aliphatic heterocycles. The molecule has 2 aliphatic rings.